The van der Waals surface area contributed by atoms with Gasteiger partial charge in [0, 0.05) is 25.7 Å². The Morgan fingerprint density at radius 1 is 0.638 bits per heavy atom. The second-order valence-corrected chi connectivity index (χ2v) is 12.5. The molecule has 4 aromatic carbocycles. The molecule has 8 rings (SSSR count). The number of aryl methyl sites for hydroxylation is 2. The predicted molar refractivity (Wildman–Crippen MR) is 169 cm³/mol. The number of hydrogen-bond acceptors (Lipinski definition) is 6. The molecule has 47 heavy (non-hydrogen) atoms. The quantitative estimate of drug-likeness (QED) is 0.244. The van der Waals surface area contributed by atoms with Gasteiger partial charge in [0.2, 0.25) is 0 Å². The van der Waals surface area contributed by atoms with Crippen LogP contribution in [0.15, 0.2) is 84.9 Å². The maximum Gasteiger partial charge on any atom is 0.416 e. The van der Waals surface area contributed by atoms with Crippen LogP contribution >= 0.6 is 0 Å². The van der Waals surface area contributed by atoms with Gasteiger partial charge in [-0.15, -0.1) is 0 Å². The summed E-state index contributed by atoms with van der Waals surface area (Å²) in [5.41, 5.74) is 6.84. The summed E-state index contributed by atoms with van der Waals surface area (Å²) in [6.07, 6.45) is 0.781. The number of ether oxygens (including phenoxy) is 5. The van der Waals surface area contributed by atoms with E-state index >= 15 is 0 Å². The molecule has 1 N–H and O–H groups in total. The van der Waals surface area contributed by atoms with Gasteiger partial charge in [-0.3, -0.25) is 0 Å². The van der Waals surface area contributed by atoms with Crippen LogP contribution in [0.4, 0.5) is 13.2 Å². The maximum absolute atomic E-state index is 12.8. The number of phenolic OH excluding ortho intramolecular Hbond substituents is 1. The Labute approximate surface area is 272 Å². The summed E-state index contributed by atoms with van der Waals surface area (Å²) in [7, 11) is 0. The van der Waals surface area contributed by atoms with E-state index in [-0.39, 0.29) is 5.79 Å². The van der Waals surface area contributed by atoms with Gasteiger partial charge in [0.05, 0.1) is 32.0 Å². The minimum atomic E-state index is -4.33. The molecule has 0 aromatic heterocycles. The molecule has 0 radical (unpaired) electrons. The van der Waals surface area contributed by atoms with Crippen LogP contribution in [0, 0.1) is 0 Å². The summed E-state index contributed by atoms with van der Waals surface area (Å²) in [4.78, 5) is 0. The van der Waals surface area contributed by atoms with Gasteiger partial charge in [0.15, 0.2) is 11.6 Å². The Bertz CT molecular complexity index is 1710. The highest BCUT2D eigenvalue weighted by Gasteiger charge is 2.40. The van der Waals surface area contributed by atoms with Gasteiger partial charge in [0.25, 0.3) is 0 Å². The fourth-order valence-electron chi connectivity index (χ4n) is 6.87. The summed E-state index contributed by atoms with van der Waals surface area (Å²) >= 11 is 0. The first-order valence-electron chi connectivity index (χ1n) is 16.1. The third-order valence-electron chi connectivity index (χ3n) is 9.34. The van der Waals surface area contributed by atoms with E-state index in [1.165, 1.54) is 34.4 Å². The minimum absolute atomic E-state index is 0.345. The predicted octanol–water partition coefficient (Wildman–Crippen LogP) is 7.81. The lowest BCUT2D eigenvalue weighted by atomic mass is 9.87. The molecule has 4 aromatic rings. The first kappa shape index (κ1) is 31.7. The molecule has 2 saturated heterocycles. The Kier molecular flexibility index (Phi) is 8.74. The first-order chi connectivity index (χ1) is 22.7. The van der Waals surface area contributed by atoms with Crippen LogP contribution in [0.2, 0.25) is 0 Å². The fourth-order valence-corrected chi connectivity index (χ4v) is 6.87. The average molecular weight is 647 g/mol. The standard InChI is InChI=1S/C26H23F3O3.C12H14O3/c27-26(28,29)23-7-4-19(5-8-23)20-3-1-2-18(14-20)17-30-24-9-6-22-16-25(31-12-13-32-25)11-10-21(22)15-24;13-11-2-1-10-8-12(14-5-6-15-12)4-3-9(10)7-11/h1-9,14-15H,10-13,16-17H2;1-2,7,13H,3-6,8H2. The van der Waals surface area contributed by atoms with Gasteiger partial charge in [-0.25, -0.2) is 0 Å². The largest absolute Gasteiger partial charge is 0.508 e. The molecular weight excluding hydrogens is 609 g/mol. The van der Waals surface area contributed by atoms with Crippen LogP contribution in [0.5, 0.6) is 11.5 Å². The molecular formula is C38H37F3O6. The average Bonchev–Trinajstić information content (AvgIpc) is 3.74. The van der Waals surface area contributed by atoms with Crippen molar-refractivity contribution in [1.82, 2.24) is 0 Å². The molecule has 2 aliphatic heterocycles. The summed E-state index contributed by atoms with van der Waals surface area (Å²) in [6.45, 7) is 3.09. The van der Waals surface area contributed by atoms with E-state index in [1.54, 1.807) is 6.07 Å². The smallest absolute Gasteiger partial charge is 0.416 e. The summed E-state index contributed by atoms with van der Waals surface area (Å²) < 4.78 is 67.5. The lowest BCUT2D eigenvalue weighted by molar-refractivity contribution is -0.164. The highest BCUT2D eigenvalue weighted by Crippen LogP contribution is 2.38. The van der Waals surface area contributed by atoms with Crippen molar-refractivity contribution in [2.45, 2.75) is 62.9 Å². The maximum atomic E-state index is 12.8. The molecule has 0 amide bonds. The SMILES string of the molecule is FC(F)(F)c1ccc(-c2cccc(COc3ccc4c(c3)CCC3(C4)OCCO3)c2)cc1.Oc1ccc2c(c1)CCC1(C2)OCCO1. The molecule has 0 bridgehead atoms. The molecule has 9 heteroatoms. The number of hydrogen-bond donors (Lipinski definition) is 1. The molecule has 2 spiro atoms. The zero-order valence-corrected chi connectivity index (χ0v) is 26.0. The number of aromatic hydroxyl groups is 1. The van der Waals surface area contributed by atoms with Crippen LogP contribution in [0.1, 0.15) is 46.2 Å². The Morgan fingerprint density at radius 2 is 1.23 bits per heavy atom. The molecule has 4 aliphatic rings. The van der Waals surface area contributed by atoms with Crippen LogP contribution in [0.3, 0.4) is 0 Å². The normalized spacial score (nSPS) is 19.1. The number of fused-ring (bicyclic) bond motifs is 2. The highest BCUT2D eigenvalue weighted by molar-refractivity contribution is 5.64. The van der Waals surface area contributed by atoms with Crippen LogP contribution in [-0.2, 0) is 57.4 Å². The van der Waals surface area contributed by atoms with Crippen molar-refractivity contribution in [2.24, 2.45) is 0 Å². The van der Waals surface area contributed by atoms with Crippen molar-refractivity contribution in [3.8, 4) is 22.6 Å². The van der Waals surface area contributed by atoms with Gasteiger partial charge in [-0.2, -0.15) is 13.2 Å². The van der Waals surface area contributed by atoms with E-state index < -0.39 is 17.5 Å². The van der Waals surface area contributed by atoms with E-state index in [2.05, 4.69) is 12.1 Å². The summed E-state index contributed by atoms with van der Waals surface area (Å²) in [5.74, 6) is 0.323. The zero-order chi connectivity index (χ0) is 32.5. The lowest BCUT2D eigenvalue weighted by Crippen LogP contribution is -2.36. The first-order valence-corrected chi connectivity index (χ1v) is 16.1. The van der Waals surface area contributed by atoms with Gasteiger partial charge in [0.1, 0.15) is 18.1 Å². The minimum Gasteiger partial charge on any atom is -0.508 e. The Hall–Kier alpha value is -3.89. The van der Waals surface area contributed by atoms with Crippen molar-refractivity contribution in [3.05, 3.63) is 118 Å². The van der Waals surface area contributed by atoms with Gasteiger partial charge in [-0.05, 0) is 94.3 Å². The molecule has 2 fully saturated rings. The molecule has 246 valence electrons. The van der Waals surface area contributed by atoms with Crippen molar-refractivity contribution in [1.29, 1.82) is 0 Å². The number of phenols is 1. The lowest BCUT2D eigenvalue weighted by Gasteiger charge is -2.32. The van der Waals surface area contributed by atoms with Crippen LogP contribution in [0.25, 0.3) is 11.1 Å². The van der Waals surface area contributed by atoms with Gasteiger partial charge < -0.3 is 28.8 Å². The van der Waals surface area contributed by atoms with Gasteiger partial charge in [-0.1, -0.05) is 42.5 Å². The van der Waals surface area contributed by atoms with Crippen molar-refractivity contribution in [3.63, 3.8) is 0 Å². The molecule has 0 unspecified atom stereocenters. The number of rotatable bonds is 4. The van der Waals surface area contributed by atoms with E-state index in [0.29, 0.717) is 38.8 Å². The third-order valence-corrected chi connectivity index (χ3v) is 9.34. The summed E-state index contributed by atoms with van der Waals surface area (Å²) in [5, 5.41) is 9.38. The van der Waals surface area contributed by atoms with Crippen molar-refractivity contribution >= 4 is 0 Å². The van der Waals surface area contributed by atoms with Crippen molar-refractivity contribution < 1.29 is 42.0 Å². The topological polar surface area (TPSA) is 66.4 Å². The molecule has 2 aliphatic carbocycles. The summed E-state index contributed by atoms with van der Waals surface area (Å²) in [6, 6.07) is 24.5. The van der Waals surface area contributed by atoms with Gasteiger partial charge >= 0.3 is 6.18 Å². The number of alkyl halides is 3. The molecule has 0 atom stereocenters. The zero-order valence-electron chi connectivity index (χ0n) is 26.0. The van der Waals surface area contributed by atoms with E-state index in [4.69, 9.17) is 23.7 Å². The third kappa shape index (κ3) is 7.18. The van der Waals surface area contributed by atoms with Crippen LogP contribution < -0.4 is 4.74 Å². The monoisotopic (exact) mass is 646 g/mol. The Balaban J connectivity index is 0.000000194. The molecule has 0 saturated carbocycles. The van der Waals surface area contributed by atoms with E-state index in [1.807, 2.05) is 42.5 Å². The Morgan fingerprint density at radius 3 is 1.85 bits per heavy atom. The van der Waals surface area contributed by atoms with Crippen molar-refractivity contribution in [2.75, 3.05) is 26.4 Å². The highest BCUT2D eigenvalue weighted by atomic mass is 19.4. The fraction of sp³-hybridized carbons (Fsp3) is 0.368. The second-order valence-electron chi connectivity index (χ2n) is 12.5. The van der Waals surface area contributed by atoms with E-state index in [0.717, 1.165) is 73.1 Å². The number of benzene rings is 4. The molecule has 6 nitrogen and oxygen atoms in total. The van der Waals surface area contributed by atoms with E-state index in [9.17, 15) is 18.3 Å². The van der Waals surface area contributed by atoms with Crippen LogP contribution in [-0.4, -0.2) is 43.1 Å². The number of halogens is 3. The second kappa shape index (κ2) is 13.0. The molecule has 2 heterocycles.